The summed E-state index contributed by atoms with van der Waals surface area (Å²) >= 11 is 2.53. The van der Waals surface area contributed by atoms with Crippen LogP contribution in [0.1, 0.15) is 37.0 Å². The lowest BCUT2D eigenvalue weighted by Crippen LogP contribution is -2.16. The molecule has 0 aliphatic heterocycles. The van der Waals surface area contributed by atoms with Gasteiger partial charge in [-0.1, -0.05) is 176 Å². The van der Waals surface area contributed by atoms with Crippen LogP contribution < -0.4 is 4.90 Å². The second kappa shape index (κ2) is 16.3. The summed E-state index contributed by atoms with van der Waals surface area (Å²) in [6.45, 7) is 4.71. The highest BCUT2D eigenvalue weighted by atomic mass is 127. The number of benzene rings is 8. The van der Waals surface area contributed by atoms with Crippen LogP contribution in [0.25, 0.3) is 77.7 Å². The molecule has 2 heterocycles. The number of alkyl halides is 1. The van der Waals surface area contributed by atoms with E-state index in [1.165, 1.54) is 77.5 Å². The Kier molecular flexibility index (Phi) is 9.94. The lowest BCUT2D eigenvalue weighted by Gasteiger charge is -2.28. The Hall–Kier alpha value is -7.28. The van der Waals surface area contributed by atoms with Gasteiger partial charge >= 0.3 is 0 Å². The maximum atomic E-state index is 4.65. The molecule has 0 amide bonds. The normalized spacial score (nSPS) is 14.8. The molecule has 3 nitrogen and oxygen atoms in total. The summed E-state index contributed by atoms with van der Waals surface area (Å²) in [5.74, 6) is 0. The van der Waals surface area contributed by atoms with Crippen molar-refractivity contribution in [1.82, 2.24) is 9.55 Å². The van der Waals surface area contributed by atoms with E-state index in [0.717, 1.165) is 40.4 Å². The molecule has 0 N–H and O–H groups in total. The minimum Gasteiger partial charge on any atom is -0.310 e. The lowest BCUT2D eigenvalue weighted by atomic mass is 9.82. The number of hydrogen-bond acceptors (Lipinski definition) is 2. The Labute approximate surface area is 400 Å². The van der Waals surface area contributed by atoms with Crippen LogP contribution in [0.3, 0.4) is 0 Å². The third-order valence-corrected chi connectivity index (χ3v) is 14.6. The number of anilines is 3. The fraction of sp³-hybridized carbons (Fsp3) is 0.0806. The third kappa shape index (κ3) is 6.90. The topological polar surface area (TPSA) is 21.1 Å². The summed E-state index contributed by atoms with van der Waals surface area (Å²) < 4.78 is 3.02. The quantitative estimate of drug-likeness (QED) is 0.112. The Balaban J connectivity index is 1.05. The molecule has 12 rings (SSSR count). The molecule has 10 aromatic rings. The molecule has 316 valence electrons. The van der Waals surface area contributed by atoms with E-state index in [-0.39, 0.29) is 5.41 Å². The monoisotopic (exact) mass is 959 g/mol. The zero-order chi connectivity index (χ0) is 44.4. The number of hydrogen-bond donors (Lipinski definition) is 0. The van der Waals surface area contributed by atoms with Gasteiger partial charge in [0.05, 0.1) is 16.7 Å². The van der Waals surface area contributed by atoms with E-state index in [9.17, 15) is 0 Å². The molecule has 8 aromatic carbocycles. The molecule has 2 aliphatic carbocycles. The van der Waals surface area contributed by atoms with Gasteiger partial charge in [0.1, 0.15) is 0 Å². The van der Waals surface area contributed by atoms with Crippen molar-refractivity contribution < 1.29 is 0 Å². The molecule has 0 spiro atoms. The zero-order valence-electron chi connectivity index (χ0n) is 36.9. The largest absolute Gasteiger partial charge is 0.310 e. The zero-order valence-corrected chi connectivity index (χ0v) is 39.0. The number of nitrogens with zero attached hydrogens (tertiary/aromatic N) is 3. The molecule has 0 bridgehead atoms. The molecule has 4 heteroatoms. The van der Waals surface area contributed by atoms with Crippen LogP contribution in [0.5, 0.6) is 0 Å². The van der Waals surface area contributed by atoms with Crippen LogP contribution in [0, 0.1) is 0 Å². The first-order chi connectivity index (χ1) is 32.4. The van der Waals surface area contributed by atoms with E-state index in [4.69, 9.17) is 0 Å². The minimum atomic E-state index is -0.131. The minimum absolute atomic E-state index is 0.131. The average Bonchev–Trinajstić information content (AvgIpc) is 3.82. The molecule has 0 saturated carbocycles. The molecule has 2 aliphatic rings. The smallest absolute Gasteiger partial charge is 0.0701 e. The molecule has 1 unspecified atom stereocenters. The fourth-order valence-electron chi connectivity index (χ4n) is 10.4. The van der Waals surface area contributed by atoms with Gasteiger partial charge in [0.25, 0.3) is 0 Å². The van der Waals surface area contributed by atoms with Crippen molar-refractivity contribution in [1.29, 1.82) is 0 Å². The van der Waals surface area contributed by atoms with E-state index < -0.39 is 0 Å². The number of aromatic nitrogens is 2. The van der Waals surface area contributed by atoms with Crippen LogP contribution in [-0.2, 0) is 5.41 Å². The van der Waals surface area contributed by atoms with Gasteiger partial charge in [0, 0.05) is 60.2 Å². The molecule has 0 fully saturated rings. The molecule has 2 aromatic heterocycles. The summed E-state index contributed by atoms with van der Waals surface area (Å²) in [5.41, 5.74) is 21.4. The number of pyridine rings is 1. The van der Waals surface area contributed by atoms with Crippen molar-refractivity contribution >= 4 is 67.0 Å². The standard InChI is InChI=1S/C62H46IN3/c1-62(2)57-18-10-9-17-52(57)53-35-33-51(40-58(53)62)65(48-27-22-44(23-28-48)59-19-11-12-36-64-59)49-29-31-50(32-30-49)66-60-39-45(42-20-25-47(63)26-21-42)24-34-54(60)56-38-46(41-13-5-3-6-14-41)37-55(61(56)66)43-15-7-4-8-16-43/h3-25,27-40,47H,26H2,1-2H3. The summed E-state index contributed by atoms with van der Waals surface area (Å²) in [4.78, 5) is 7.05. The number of allylic oxidation sites excluding steroid dienone is 4. The van der Waals surface area contributed by atoms with E-state index >= 15 is 0 Å². The van der Waals surface area contributed by atoms with Crippen molar-refractivity contribution in [2.45, 2.75) is 29.6 Å². The maximum Gasteiger partial charge on any atom is 0.0701 e. The fourth-order valence-corrected chi connectivity index (χ4v) is 10.8. The first kappa shape index (κ1) is 40.2. The highest BCUT2D eigenvalue weighted by Gasteiger charge is 2.36. The van der Waals surface area contributed by atoms with Crippen LogP contribution in [-0.4, -0.2) is 13.5 Å². The van der Waals surface area contributed by atoms with Crippen molar-refractivity contribution in [3.63, 3.8) is 0 Å². The van der Waals surface area contributed by atoms with Crippen LogP contribution in [0.15, 0.2) is 225 Å². The van der Waals surface area contributed by atoms with Crippen LogP contribution in [0.2, 0.25) is 0 Å². The molecular weight excluding hydrogens is 914 g/mol. The predicted octanol–water partition coefficient (Wildman–Crippen LogP) is 17.1. The maximum absolute atomic E-state index is 4.65. The highest BCUT2D eigenvalue weighted by Crippen LogP contribution is 2.51. The van der Waals surface area contributed by atoms with Gasteiger partial charge in [-0.3, -0.25) is 4.98 Å². The van der Waals surface area contributed by atoms with Gasteiger partial charge in [-0.2, -0.15) is 0 Å². The van der Waals surface area contributed by atoms with E-state index in [2.05, 4.69) is 257 Å². The van der Waals surface area contributed by atoms with Gasteiger partial charge in [0.15, 0.2) is 0 Å². The molecule has 66 heavy (non-hydrogen) atoms. The van der Waals surface area contributed by atoms with Crippen molar-refractivity contribution in [3.8, 4) is 50.3 Å². The van der Waals surface area contributed by atoms with Gasteiger partial charge < -0.3 is 9.47 Å². The number of halogens is 1. The Bertz CT molecular complexity index is 3510. The second-order valence-corrected chi connectivity index (χ2v) is 19.6. The van der Waals surface area contributed by atoms with Crippen molar-refractivity contribution in [2.24, 2.45) is 0 Å². The molecule has 1 atom stereocenters. The van der Waals surface area contributed by atoms with Crippen molar-refractivity contribution in [3.05, 3.63) is 241 Å². The Morgan fingerprint density at radius 2 is 1.20 bits per heavy atom. The van der Waals surface area contributed by atoms with Crippen LogP contribution >= 0.6 is 22.6 Å². The van der Waals surface area contributed by atoms with Gasteiger partial charge in [0.2, 0.25) is 0 Å². The van der Waals surface area contributed by atoms with E-state index in [1.54, 1.807) is 0 Å². The highest BCUT2D eigenvalue weighted by molar-refractivity contribution is 14.1. The number of fused-ring (bicyclic) bond motifs is 6. The Morgan fingerprint density at radius 3 is 1.92 bits per heavy atom. The summed E-state index contributed by atoms with van der Waals surface area (Å²) in [7, 11) is 0. The van der Waals surface area contributed by atoms with E-state index in [0.29, 0.717) is 3.92 Å². The number of rotatable bonds is 8. The molecule has 0 radical (unpaired) electrons. The molecular formula is C62H46IN3. The second-order valence-electron chi connectivity index (χ2n) is 18.0. The first-order valence-corrected chi connectivity index (χ1v) is 24.1. The van der Waals surface area contributed by atoms with Gasteiger partial charge in [-0.15, -0.1) is 0 Å². The molecule has 0 saturated heterocycles. The summed E-state index contributed by atoms with van der Waals surface area (Å²) in [5, 5.41) is 2.47. The van der Waals surface area contributed by atoms with Crippen molar-refractivity contribution in [2.75, 3.05) is 4.90 Å². The van der Waals surface area contributed by atoms with E-state index in [1.807, 2.05) is 18.3 Å². The van der Waals surface area contributed by atoms with Gasteiger partial charge in [-0.05, 0) is 135 Å². The Morgan fingerprint density at radius 1 is 0.530 bits per heavy atom. The summed E-state index contributed by atoms with van der Waals surface area (Å²) in [6, 6.07) is 73.5. The van der Waals surface area contributed by atoms with Crippen LogP contribution in [0.4, 0.5) is 17.1 Å². The lowest BCUT2D eigenvalue weighted by molar-refractivity contribution is 0.660. The summed E-state index contributed by atoms with van der Waals surface area (Å²) in [6.07, 6.45) is 9.90. The SMILES string of the molecule is CC1(C)c2ccccc2-c2ccc(N(c3ccc(-c4ccccn4)cc3)c3ccc(-n4c5cc(C6=CCC(I)C=C6)ccc5c5cc(-c6ccccc6)cc(-c6ccccc6)c54)cc3)cc21. The predicted molar refractivity (Wildman–Crippen MR) is 287 cm³/mol. The third-order valence-electron chi connectivity index (χ3n) is 13.7. The average molecular weight is 960 g/mol. The van der Waals surface area contributed by atoms with Gasteiger partial charge in [-0.25, -0.2) is 0 Å². The first-order valence-electron chi connectivity index (χ1n) is 22.8.